The fourth-order valence-electron chi connectivity index (χ4n) is 2.94. The summed E-state index contributed by atoms with van der Waals surface area (Å²) in [7, 11) is 0. The van der Waals surface area contributed by atoms with Crippen molar-refractivity contribution >= 4 is 5.91 Å². The van der Waals surface area contributed by atoms with Crippen molar-refractivity contribution in [3.8, 4) is 0 Å². The highest BCUT2D eigenvalue weighted by Crippen LogP contribution is 2.18. The summed E-state index contributed by atoms with van der Waals surface area (Å²) in [6.07, 6.45) is 13.0. The Labute approximate surface area is 145 Å². The van der Waals surface area contributed by atoms with Crippen LogP contribution in [0.2, 0.25) is 0 Å². The minimum absolute atomic E-state index is 0.224. The van der Waals surface area contributed by atoms with Crippen molar-refractivity contribution in [2.45, 2.75) is 104 Å². The monoisotopic (exact) mass is 326 g/mol. The molecule has 0 aromatic carbocycles. The number of carbonyl (C=O) groups is 1. The van der Waals surface area contributed by atoms with Crippen LogP contribution in [0.1, 0.15) is 98.3 Å². The molecule has 1 amide bonds. The summed E-state index contributed by atoms with van der Waals surface area (Å²) in [6.45, 7) is 10.6. The van der Waals surface area contributed by atoms with Gasteiger partial charge in [-0.1, -0.05) is 72.6 Å². The maximum absolute atomic E-state index is 12.6. The van der Waals surface area contributed by atoms with E-state index in [1.165, 1.54) is 44.9 Å². The van der Waals surface area contributed by atoms with Crippen LogP contribution < -0.4 is 10.6 Å². The molecule has 138 valence electrons. The number of amides is 1. The van der Waals surface area contributed by atoms with Crippen LogP contribution in [0.25, 0.3) is 0 Å². The highest BCUT2D eigenvalue weighted by Gasteiger charge is 2.18. The van der Waals surface area contributed by atoms with Gasteiger partial charge >= 0.3 is 0 Å². The second-order valence-corrected chi connectivity index (χ2v) is 6.85. The molecular formula is C20H42N2O. The summed E-state index contributed by atoms with van der Waals surface area (Å²) < 4.78 is 0. The van der Waals surface area contributed by atoms with E-state index >= 15 is 0 Å². The summed E-state index contributed by atoms with van der Waals surface area (Å²) in [5.74, 6) is 0.511. The second-order valence-electron chi connectivity index (χ2n) is 6.85. The second kappa shape index (κ2) is 16.3. The Morgan fingerprint density at radius 3 is 2.00 bits per heavy atom. The lowest BCUT2D eigenvalue weighted by Gasteiger charge is -2.21. The quantitative estimate of drug-likeness (QED) is 0.390. The Morgan fingerprint density at radius 1 is 0.826 bits per heavy atom. The molecule has 0 spiro atoms. The van der Waals surface area contributed by atoms with Crippen molar-refractivity contribution < 1.29 is 4.79 Å². The van der Waals surface area contributed by atoms with Gasteiger partial charge in [0.25, 0.3) is 0 Å². The Kier molecular flexibility index (Phi) is 15.9. The van der Waals surface area contributed by atoms with Gasteiger partial charge in [0.2, 0.25) is 5.91 Å². The van der Waals surface area contributed by atoms with Gasteiger partial charge in [-0.15, -0.1) is 0 Å². The van der Waals surface area contributed by atoms with Gasteiger partial charge in [0.15, 0.2) is 0 Å². The zero-order valence-electron chi connectivity index (χ0n) is 16.3. The number of rotatable bonds is 16. The Bertz CT molecular complexity index is 268. The van der Waals surface area contributed by atoms with E-state index in [-0.39, 0.29) is 11.8 Å². The molecule has 0 fully saturated rings. The minimum atomic E-state index is 0.224. The maximum atomic E-state index is 12.6. The fourth-order valence-corrected chi connectivity index (χ4v) is 2.94. The highest BCUT2D eigenvalue weighted by atomic mass is 16.1. The van der Waals surface area contributed by atoms with Crippen molar-refractivity contribution in [1.29, 1.82) is 0 Å². The third-order valence-electron chi connectivity index (χ3n) is 4.63. The van der Waals surface area contributed by atoms with E-state index in [4.69, 9.17) is 0 Å². The molecular weight excluding hydrogens is 284 g/mol. The summed E-state index contributed by atoms with van der Waals surface area (Å²) in [5.41, 5.74) is 0. The molecule has 0 aromatic rings. The van der Waals surface area contributed by atoms with E-state index in [0.29, 0.717) is 6.04 Å². The van der Waals surface area contributed by atoms with Crippen molar-refractivity contribution in [3.05, 3.63) is 0 Å². The van der Waals surface area contributed by atoms with Crippen LogP contribution in [0.3, 0.4) is 0 Å². The molecule has 2 N–H and O–H groups in total. The Morgan fingerprint density at radius 2 is 1.43 bits per heavy atom. The van der Waals surface area contributed by atoms with Gasteiger partial charge < -0.3 is 10.6 Å². The molecule has 23 heavy (non-hydrogen) atoms. The van der Waals surface area contributed by atoms with Crippen molar-refractivity contribution in [2.75, 3.05) is 13.1 Å². The highest BCUT2D eigenvalue weighted by molar-refractivity contribution is 5.78. The first-order valence-electron chi connectivity index (χ1n) is 10.2. The van der Waals surface area contributed by atoms with Crippen LogP contribution in [0, 0.1) is 5.92 Å². The molecule has 0 radical (unpaired) electrons. The van der Waals surface area contributed by atoms with Gasteiger partial charge in [0.1, 0.15) is 0 Å². The zero-order valence-corrected chi connectivity index (χ0v) is 16.3. The summed E-state index contributed by atoms with van der Waals surface area (Å²) in [5, 5.41) is 6.72. The molecule has 0 aliphatic carbocycles. The number of nitrogens with one attached hydrogen (secondary N) is 2. The van der Waals surface area contributed by atoms with E-state index in [9.17, 15) is 4.79 Å². The first-order chi connectivity index (χ1) is 11.2. The van der Waals surface area contributed by atoms with E-state index in [0.717, 1.165) is 38.8 Å². The predicted octanol–water partition coefficient (Wildman–Crippen LogP) is 5.05. The summed E-state index contributed by atoms with van der Waals surface area (Å²) in [4.78, 5) is 12.6. The molecule has 0 rings (SSSR count). The molecule has 2 atom stereocenters. The van der Waals surface area contributed by atoms with Gasteiger partial charge in [-0.3, -0.25) is 4.79 Å². The smallest absolute Gasteiger partial charge is 0.223 e. The molecule has 3 nitrogen and oxygen atoms in total. The molecule has 0 bridgehead atoms. The first-order valence-corrected chi connectivity index (χ1v) is 10.2. The number of hydrogen-bond acceptors (Lipinski definition) is 2. The SMILES string of the molecule is CCCCCCC(CCCCC)C(=O)NC[C@@H](CC)NCCC. The lowest BCUT2D eigenvalue weighted by Crippen LogP contribution is -2.42. The van der Waals surface area contributed by atoms with E-state index in [1.807, 2.05) is 0 Å². The summed E-state index contributed by atoms with van der Waals surface area (Å²) in [6, 6.07) is 0.412. The molecule has 0 aliphatic heterocycles. The lowest BCUT2D eigenvalue weighted by molar-refractivity contribution is -0.125. The molecule has 1 unspecified atom stereocenters. The van der Waals surface area contributed by atoms with Gasteiger partial charge in [0, 0.05) is 18.5 Å². The zero-order chi connectivity index (χ0) is 17.3. The van der Waals surface area contributed by atoms with Crippen molar-refractivity contribution in [1.82, 2.24) is 10.6 Å². The average molecular weight is 327 g/mol. The molecule has 3 heteroatoms. The number of hydrogen-bond donors (Lipinski definition) is 2. The average Bonchev–Trinajstić information content (AvgIpc) is 2.57. The normalized spacial score (nSPS) is 13.7. The summed E-state index contributed by atoms with van der Waals surface area (Å²) >= 11 is 0. The molecule has 0 aromatic heterocycles. The van der Waals surface area contributed by atoms with E-state index in [1.54, 1.807) is 0 Å². The number of unbranched alkanes of at least 4 members (excludes halogenated alkanes) is 5. The molecule has 0 heterocycles. The van der Waals surface area contributed by atoms with Crippen molar-refractivity contribution in [2.24, 2.45) is 5.92 Å². The molecule has 0 saturated carbocycles. The van der Waals surface area contributed by atoms with Gasteiger partial charge in [-0.05, 0) is 32.2 Å². The molecule has 0 aliphatic rings. The minimum Gasteiger partial charge on any atom is -0.354 e. The van der Waals surface area contributed by atoms with Crippen LogP contribution in [0.5, 0.6) is 0 Å². The third-order valence-corrected chi connectivity index (χ3v) is 4.63. The topological polar surface area (TPSA) is 41.1 Å². The predicted molar refractivity (Wildman–Crippen MR) is 102 cm³/mol. The van der Waals surface area contributed by atoms with Crippen molar-refractivity contribution in [3.63, 3.8) is 0 Å². The van der Waals surface area contributed by atoms with Gasteiger partial charge in [-0.25, -0.2) is 0 Å². The maximum Gasteiger partial charge on any atom is 0.223 e. The van der Waals surface area contributed by atoms with Crippen LogP contribution in [0.15, 0.2) is 0 Å². The van der Waals surface area contributed by atoms with Crippen LogP contribution in [-0.2, 0) is 4.79 Å². The number of carbonyl (C=O) groups excluding carboxylic acids is 1. The Balaban J connectivity index is 4.22. The third kappa shape index (κ3) is 12.5. The van der Waals surface area contributed by atoms with E-state index in [2.05, 4.69) is 38.3 Å². The van der Waals surface area contributed by atoms with Gasteiger partial charge in [0.05, 0.1) is 0 Å². The first kappa shape index (κ1) is 22.4. The standard InChI is InChI=1S/C20H42N2O/c1-5-9-11-13-15-18(14-12-10-6-2)20(23)22-17-19(8-4)21-16-7-3/h18-19,21H,5-17H2,1-4H3,(H,22,23)/t18?,19-/m1/s1. The van der Waals surface area contributed by atoms with Crippen LogP contribution in [-0.4, -0.2) is 25.0 Å². The van der Waals surface area contributed by atoms with Gasteiger partial charge in [-0.2, -0.15) is 0 Å². The van der Waals surface area contributed by atoms with Crippen LogP contribution in [0.4, 0.5) is 0 Å². The van der Waals surface area contributed by atoms with E-state index < -0.39 is 0 Å². The van der Waals surface area contributed by atoms with Crippen LogP contribution >= 0.6 is 0 Å². The molecule has 0 saturated heterocycles. The Hall–Kier alpha value is -0.570. The fraction of sp³-hybridized carbons (Fsp3) is 0.950. The lowest BCUT2D eigenvalue weighted by atomic mass is 9.94. The largest absolute Gasteiger partial charge is 0.354 e.